The molecule has 0 aliphatic carbocycles. The number of rotatable bonds is 2. The van der Waals surface area contributed by atoms with Crippen molar-refractivity contribution in [1.82, 2.24) is 4.98 Å². The summed E-state index contributed by atoms with van der Waals surface area (Å²) in [6.45, 7) is 1.37. The first-order chi connectivity index (χ1) is 7.68. The van der Waals surface area contributed by atoms with E-state index in [2.05, 4.69) is 4.98 Å². The van der Waals surface area contributed by atoms with Crippen LogP contribution in [0.15, 0.2) is 12.3 Å². The van der Waals surface area contributed by atoms with E-state index in [0.29, 0.717) is 29.0 Å². The summed E-state index contributed by atoms with van der Waals surface area (Å²) in [5.74, 6) is 0.167. The van der Waals surface area contributed by atoms with Gasteiger partial charge in [0.1, 0.15) is 6.10 Å². The van der Waals surface area contributed by atoms with Crippen molar-refractivity contribution < 1.29 is 9.84 Å². The van der Waals surface area contributed by atoms with Crippen molar-refractivity contribution in [2.24, 2.45) is 5.92 Å². The van der Waals surface area contributed by atoms with Crippen LogP contribution in [-0.2, 0) is 4.74 Å². The predicted molar refractivity (Wildman–Crippen MR) is 62.8 cm³/mol. The van der Waals surface area contributed by atoms with Crippen LogP contribution in [0.5, 0.6) is 0 Å². The van der Waals surface area contributed by atoms with Gasteiger partial charge in [0, 0.05) is 19.4 Å². The number of halogens is 2. The van der Waals surface area contributed by atoms with Crippen molar-refractivity contribution in [3.8, 4) is 0 Å². The Hall–Kier alpha value is -0.350. The normalized spacial score (nSPS) is 19.7. The highest BCUT2D eigenvalue weighted by Crippen LogP contribution is 2.33. The summed E-state index contributed by atoms with van der Waals surface area (Å²) in [5, 5.41) is 11.1. The second kappa shape index (κ2) is 5.32. The van der Waals surface area contributed by atoms with Gasteiger partial charge in [-0.05, 0) is 24.8 Å². The third-order valence-corrected chi connectivity index (χ3v) is 3.34. The van der Waals surface area contributed by atoms with E-state index in [1.54, 1.807) is 6.07 Å². The SMILES string of the molecule is OC(c1ncc(Cl)cc1Cl)C1CCOCC1. The van der Waals surface area contributed by atoms with E-state index in [1.807, 2.05) is 0 Å². The predicted octanol–water partition coefficient (Wildman–Crippen LogP) is 2.85. The van der Waals surface area contributed by atoms with E-state index >= 15 is 0 Å². The topological polar surface area (TPSA) is 42.4 Å². The average Bonchev–Trinajstić information content (AvgIpc) is 2.29. The molecule has 1 aliphatic heterocycles. The number of aromatic nitrogens is 1. The smallest absolute Gasteiger partial charge is 0.100 e. The molecule has 1 unspecified atom stereocenters. The Labute approximate surface area is 104 Å². The molecule has 0 aromatic carbocycles. The molecular formula is C11H13Cl2NO2. The number of hydrogen-bond donors (Lipinski definition) is 1. The second-order valence-corrected chi connectivity index (χ2v) is 4.76. The molecule has 1 aliphatic rings. The van der Waals surface area contributed by atoms with Gasteiger partial charge in [0.2, 0.25) is 0 Å². The zero-order valence-electron chi connectivity index (χ0n) is 8.70. The van der Waals surface area contributed by atoms with Gasteiger partial charge in [0.05, 0.1) is 15.7 Å². The Morgan fingerprint density at radius 1 is 1.38 bits per heavy atom. The highest BCUT2D eigenvalue weighted by molar-refractivity contribution is 6.34. The van der Waals surface area contributed by atoms with Gasteiger partial charge < -0.3 is 9.84 Å². The largest absolute Gasteiger partial charge is 0.386 e. The summed E-state index contributed by atoms with van der Waals surface area (Å²) >= 11 is 11.8. The number of hydrogen-bond acceptors (Lipinski definition) is 3. The van der Waals surface area contributed by atoms with Crippen molar-refractivity contribution in [2.45, 2.75) is 18.9 Å². The molecular weight excluding hydrogens is 249 g/mol. The van der Waals surface area contributed by atoms with Crippen molar-refractivity contribution in [3.05, 3.63) is 28.0 Å². The van der Waals surface area contributed by atoms with Gasteiger partial charge in [-0.2, -0.15) is 0 Å². The van der Waals surface area contributed by atoms with E-state index in [0.717, 1.165) is 12.8 Å². The molecule has 88 valence electrons. The molecule has 3 nitrogen and oxygen atoms in total. The Morgan fingerprint density at radius 3 is 2.69 bits per heavy atom. The first kappa shape index (κ1) is 12.1. The fourth-order valence-electron chi connectivity index (χ4n) is 1.90. The molecule has 1 saturated heterocycles. The second-order valence-electron chi connectivity index (χ2n) is 3.92. The first-order valence-electron chi connectivity index (χ1n) is 5.25. The molecule has 2 rings (SSSR count). The van der Waals surface area contributed by atoms with E-state index in [4.69, 9.17) is 27.9 Å². The monoisotopic (exact) mass is 261 g/mol. The molecule has 0 spiro atoms. The molecule has 0 saturated carbocycles. The maximum Gasteiger partial charge on any atom is 0.100 e. The number of aliphatic hydroxyl groups excluding tert-OH is 1. The van der Waals surface area contributed by atoms with Crippen LogP contribution < -0.4 is 0 Å². The molecule has 1 fully saturated rings. The lowest BCUT2D eigenvalue weighted by Crippen LogP contribution is -2.22. The molecule has 2 heterocycles. The van der Waals surface area contributed by atoms with Crippen molar-refractivity contribution in [2.75, 3.05) is 13.2 Å². The van der Waals surface area contributed by atoms with E-state index in [1.165, 1.54) is 6.20 Å². The van der Waals surface area contributed by atoms with Crippen LogP contribution in [0, 0.1) is 5.92 Å². The number of nitrogens with zero attached hydrogens (tertiary/aromatic N) is 1. The third kappa shape index (κ3) is 2.66. The summed E-state index contributed by atoms with van der Waals surface area (Å²) in [7, 11) is 0. The van der Waals surface area contributed by atoms with Gasteiger partial charge >= 0.3 is 0 Å². The quantitative estimate of drug-likeness (QED) is 0.891. The fourth-order valence-corrected chi connectivity index (χ4v) is 2.39. The summed E-state index contributed by atoms with van der Waals surface area (Å²) in [6.07, 6.45) is 2.54. The van der Waals surface area contributed by atoms with Crippen LogP contribution in [0.4, 0.5) is 0 Å². The van der Waals surface area contributed by atoms with Crippen LogP contribution in [0.25, 0.3) is 0 Å². The number of pyridine rings is 1. The minimum absolute atomic E-state index is 0.167. The molecule has 0 radical (unpaired) electrons. The van der Waals surface area contributed by atoms with E-state index in [9.17, 15) is 5.11 Å². The third-order valence-electron chi connectivity index (χ3n) is 2.83. The Kier molecular flexibility index (Phi) is 4.03. The Bertz CT molecular complexity index is 367. The minimum Gasteiger partial charge on any atom is -0.386 e. The van der Waals surface area contributed by atoms with Crippen LogP contribution >= 0.6 is 23.2 Å². The van der Waals surface area contributed by atoms with Crippen molar-refractivity contribution in [1.29, 1.82) is 0 Å². The molecule has 1 atom stereocenters. The molecule has 16 heavy (non-hydrogen) atoms. The van der Waals surface area contributed by atoms with Gasteiger partial charge in [-0.25, -0.2) is 0 Å². The lowest BCUT2D eigenvalue weighted by Gasteiger charge is -2.26. The van der Waals surface area contributed by atoms with Gasteiger partial charge in [0.25, 0.3) is 0 Å². The maximum atomic E-state index is 10.2. The Morgan fingerprint density at radius 2 is 2.06 bits per heavy atom. The number of ether oxygens (including phenoxy) is 1. The van der Waals surface area contributed by atoms with Crippen molar-refractivity contribution >= 4 is 23.2 Å². The van der Waals surface area contributed by atoms with Crippen molar-refractivity contribution in [3.63, 3.8) is 0 Å². The molecule has 0 bridgehead atoms. The molecule has 1 aromatic rings. The van der Waals surface area contributed by atoms with E-state index in [-0.39, 0.29) is 5.92 Å². The lowest BCUT2D eigenvalue weighted by atomic mass is 9.92. The van der Waals surface area contributed by atoms with E-state index < -0.39 is 6.10 Å². The zero-order chi connectivity index (χ0) is 11.5. The van der Waals surface area contributed by atoms with Gasteiger partial charge in [-0.15, -0.1) is 0 Å². The lowest BCUT2D eigenvalue weighted by molar-refractivity contribution is 0.00562. The van der Waals surface area contributed by atoms with Crippen LogP contribution in [-0.4, -0.2) is 23.3 Å². The molecule has 5 heteroatoms. The van der Waals surface area contributed by atoms with Gasteiger partial charge in [0.15, 0.2) is 0 Å². The number of aliphatic hydroxyl groups is 1. The highest BCUT2D eigenvalue weighted by Gasteiger charge is 2.26. The summed E-state index contributed by atoms with van der Waals surface area (Å²) < 4.78 is 5.25. The molecule has 1 N–H and O–H groups in total. The standard InChI is InChI=1S/C11H13Cl2NO2/c12-8-5-9(13)10(14-6-8)11(15)7-1-3-16-4-2-7/h5-7,11,15H,1-4H2. The summed E-state index contributed by atoms with van der Waals surface area (Å²) in [5.41, 5.74) is 0.512. The summed E-state index contributed by atoms with van der Waals surface area (Å²) in [4.78, 5) is 4.10. The zero-order valence-corrected chi connectivity index (χ0v) is 10.2. The highest BCUT2D eigenvalue weighted by atomic mass is 35.5. The van der Waals surface area contributed by atoms with Crippen LogP contribution in [0.1, 0.15) is 24.6 Å². The average molecular weight is 262 g/mol. The summed E-state index contributed by atoms with van der Waals surface area (Å²) in [6, 6.07) is 1.61. The first-order valence-corrected chi connectivity index (χ1v) is 6.01. The van der Waals surface area contributed by atoms with Crippen LogP contribution in [0.3, 0.4) is 0 Å². The maximum absolute atomic E-state index is 10.2. The van der Waals surface area contributed by atoms with Gasteiger partial charge in [-0.1, -0.05) is 23.2 Å². The Balaban J connectivity index is 2.15. The fraction of sp³-hybridized carbons (Fsp3) is 0.545. The minimum atomic E-state index is -0.631. The molecule has 1 aromatic heterocycles. The molecule has 0 amide bonds. The van der Waals surface area contributed by atoms with Crippen LogP contribution in [0.2, 0.25) is 10.0 Å². The van der Waals surface area contributed by atoms with Gasteiger partial charge in [-0.3, -0.25) is 4.98 Å².